The van der Waals surface area contributed by atoms with E-state index in [1.165, 1.54) is 0 Å². The fraction of sp³-hybridized carbons (Fsp3) is 0.194. The molecule has 3 aromatic carbocycles. The largest absolute Gasteiger partial charge is 0.497 e. The third-order valence-electron chi connectivity index (χ3n) is 5.89. The Labute approximate surface area is 237 Å². The molecule has 1 N–H and O–H groups in total. The Hall–Kier alpha value is -4.50. The molecule has 0 atom stereocenters. The molecule has 4 rings (SSSR count). The van der Waals surface area contributed by atoms with Crippen LogP contribution in [0.25, 0.3) is 6.08 Å². The number of carbonyl (C=O) groups excluding carboxylic acids is 3. The van der Waals surface area contributed by atoms with Crippen molar-refractivity contribution in [3.05, 3.63) is 101 Å². The van der Waals surface area contributed by atoms with E-state index in [9.17, 15) is 14.4 Å². The van der Waals surface area contributed by atoms with Crippen LogP contribution in [-0.2, 0) is 22.6 Å². The first-order valence-electron chi connectivity index (χ1n) is 12.7. The standard InChI is InChI=1S/C31H30N2O6S/c1-4-9-23-16-22(17-26(38-5-2)29(23)39-20-21-10-7-6-8-11-21)18-27-30(35)33(31(36)40-27)19-28(34)32-24-12-14-25(37-3)15-13-24/h4,6-8,10-18H,1,5,9,19-20H2,2-3H3,(H,32,34)/b27-18-. The number of methoxy groups -OCH3 is 1. The van der Waals surface area contributed by atoms with Crippen molar-refractivity contribution in [3.63, 3.8) is 0 Å². The predicted molar refractivity (Wildman–Crippen MR) is 157 cm³/mol. The van der Waals surface area contributed by atoms with Gasteiger partial charge >= 0.3 is 0 Å². The van der Waals surface area contributed by atoms with Crippen LogP contribution in [0.2, 0.25) is 0 Å². The average Bonchev–Trinajstić information content (AvgIpc) is 3.21. The van der Waals surface area contributed by atoms with Crippen molar-refractivity contribution in [1.29, 1.82) is 0 Å². The Morgan fingerprint density at radius 3 is 2.48 bits per heavy atom. The highest BCUT2D eigenvalue weighted by Gasteiger charge is 2.36. The minimum Gasteiger partial charge on any atom is -0.497 e. The van der Waals surface area contributed by atoms with Gasteiger partial charge in [0.05, 0.1) is 18.6 Å². The summed E-state index contributed by atoms with van der Waals surface area (Å²) >= 11 is 0.790. The molecule has 0 unspecified atom stereocenters. The molecule has 0 bridgehead atoms. The Morgan fingerprint density at radius 2 is 1.80 bits per heavy atom. The zero-order chi connectivity index (χ0) is 28.5. The number of thioether (sulfide) groups is 1. The smallest absolute Gasteiger partial charge is 0.294 e. The van der Waals surface area contributed by atoms with Crippen molar-refractivity contribution in [2.75, 3.05) is 25.6 Å². The molecule has 3 aromatic rings. The summed E-state index contributed by atoms with van der Waals surface area (Å²) in [6.07, 6.45) is 3.90. The number of benzene rings is 3. The van der Waals surface area contributed by atoms with Gasteiger partial charge in [0.1, 0.15) is 18.9 Å². The normalized spacial score (nSPS) is 13.8. The Balaban J connectivity index is 1.52. The summed E-state index contributed by atoms with van der Waals surface area (Å²) in [4.78, 5) is 39.4. The number of carbonyl (C=O) groups is 3. The van der Waals surface area contributed by atoms with Gasteiger partial charge in [-0.2, -0.15) is 0 Å². The van der Waals surface area contributed by atoms with Crippen molar-refractivity contribution < 1.29 is 28.6 Å². The summed E-state index contributed by atoms with van der Waals surface area (Å²) in [6, 6.07) is 20.2. The van der Waals surface area contributed by atoms with Gasteiger partial charge in [0.25, 0.3) is 11.1 Å². The van der Waals surface area contributed by atoms with Crippen LogP contribution in [0.15, 0.2) is 84.3 Å². The van der Waals surface area contributed by atoms with E-state index in [0.717, 1.165) is 27.8 Å². The molecule has 1 saturated heterocycles. The maximum absolute atomic E-state index is 13.1. The molecule has 0 radical (unpaired) electrons. The van der Waals surface area contributed by atoms with Gasteiger partial charge in [0.2, 0.25) is 5.91 Å². The van der Waals surface area contributed by atoms with Crippen LogP contribution in [0.5, 0.6) is 17.2 Å². The van der Waals surface area contributed by atoms with E-state index in [1.807, 2.05) is 43.3 Å². The Morgan fingerprint density at radius 1 is 1.05 bits per heavy atom. The zero-order valence-electron chi connectivity index (χ0n) is 22.3. The molecular weight excluding hydrogens is 528 g/mol. The first-order chi connectivity index (χ1) is 19.4. The number of rotatable bonds is 12. The monoisotopic (exact) mass is 558 g/mol. The van der Waals surface area contributed by atoms with Crippen molar-refractivity contribution in [3.8, 4) is 17.2 Å². The molecule has 8 nitrogen and oxygen atoms in total. The van der Waals surface area contributed by atoms with E-state index in [1.54, 1.807) is 49.6 Å². The lowest BCUT2D eigenvalue weighted by molar-refractivity contribution is -0.127. The van der Waals surface area contributed by atoms with E-state index in [0.29, 0.717) is 48.1 Å². The first-order valence-corrected chi connectivity index (χ1v) is 13.5. The number of imide groups is 1. The van der Waals surface area contributed by atoms with Gasteiger partial charge in [-0.05, 0) is 78.7 Å². The summed E-state index contributed by atoms with van der Waals surface area (Å²) in [5, 5.41) is 2.18. The molecule has 0 saturated carbocycles. The maximum atomic E-state index is 13.1. The molecule has 1 heterocycles. The van der Waals surface area contributed by atoms with Crippen LogP contribution in [-0.4, -0.2) is 42.2 Å². The highest BCUT2D eigenvalue weighted by molar-refractivity contribution is 8.18. The van der Waals surface area contributed by atoms with Crippen LogP contribution in [0.3, 0.4) is 0 Å². The molecule has 1 aliphatic rings. The first kappa shape index (κ1) is 28.5. The van der Waals surface area contributed by atoms with E-state index < -0.39 is 23.6 Å². The van der Waals surface area contributed by atoms with E-state index in [4.69, 9.17) is 14.2 Å². The predicted octanol–water partition coefficient (Wildman–Crippen LogP) is 6.08. The Kier molecular flexibility index (Phi) is 9.64. The average molecular weight is 559 g/mol. The number of hydrogen-bond donors (Lipinski definition) is 1. The number of hydrogen-bond acceptors (Lipinski definition) is 7. The number of anilines is 1. The zero-order valence-corrected chi connectivity index (χ0v) is 23.2. The highest BCUT2D eigenvalue weighted by Crippen LogP contribution is 2.37. The fourth-order valence-electron chi connectivity index (χ4n) is 4.04. The van der Waals surface area contributed by atoms with Crippen molar-refractivity contribution in [2.45, 2.75) is 20.0 Å². The molecule has 9 heteroatoms. The van der Waals surface area contributed by atoms with Crippen LogP contribution >= 0.6 is 11.8 Å². The van der Waals surface area contributed by atoms with Gasteiger partial charge < -0.3 is 19.5 Å². The summed E-state index contributed by atoms with van der Waals surface area (Å²) in [6.45, 7) is 6.12. The second kappa shape index (κ2) is 13.5. The van der Waals surface area contributed by atoms with Gasteiger partial charge in [-0.15, -0.1) is 6.58 Å². The van der Waals surface area contributed by atoms with E-state index >= 15 is 0 Å². The maximum Gasteiger partial charge on any atom is 0.294 e. The number of amides is 3. The topological polar surface area (TPSA) is 94.2 Å². The highest BCUT2D eigenvalue weighted by atomic mass is 32.2. The lowest BCUT2D eigenvalue weighted by atomic mass is 10.0. The lowest BCUT2D eigenvalue weighted by Gasteiger charge is -2.17. The van der Waals surface area contributed by atoms with Gasteiger partial charge in [0, 0.05) is 11.3 Å². The number of allylic oxidation sites excluding steroid dienone is 1. The Bertz CT molecular complexity index is 1420. The fourth-order valence-corrected chi connectivity index (χ4v) is 4.87. The minimum absolute atomic E-state index is 0.215. The SMILES string of the molecule is C=CCc1cc(/C=C2\SC(=O)N(CC(=O)Nc3ccc(OC)cc3)C2=O)cc(OCC)c1OCc1ccccc1. The quantitative estimate of drug-likeness (QED) is 0.213. The minimum atomic E-state index is -0.535. The van der Waals surface area contributed by atoms with Gasteiger partial charge in [-0.1, -0.05) is 36.4 Å². The van der Waals surface area contributed by atoms with E-state index in [2.05, 4.69) is 11.9 Å². The summed E-state index contributed by atoms with van der Waals surface area (Å²) in [5.74, 6) is 0.759. The molecule has 40 heavy (non-hydrogen) atoms. The van der Waals surface area contributed by atoms with Gasteiger partial charge in [-0.25, -0.2) is 0 Å². The van der Waals surface area contributed by atoms with Crippen LogP contribution in [0.4, 0.5) is 10.5 Å². The molecule has 1 aliphatic heterocycles. The molecule has 3 amide bonds. The van der Waals surface area contributed by atoms with Crippen molar-refractivity contribution >= 4 is 40.6 Å². The molecular formula is C31H30N2O6S. The number of nitrogens with zero attached hydrogens (tertiary/aromatic N) is 1. The van der Waals surface area contributed by atoms with Crippen molar-refractivity contribution in [1.82, 2.24) is 4.90 Å². The van der Waals surface area contributed by atoms with Gasteiger partial charge in [-0.3, -0.25) is 19.3 Å². The van der Waals surface area contributed by atoms with Crippen LogP contribution in [0, 0.1) is 0 Å². The molecule has 1 fully saturated rings. The molecule has 206 valence electrons. The van der Waals surface area contributed by atoms with Crippen molar-refractivity contribution in [2.24, 2.45) is 0 Å². The second-order valence-corrected chi connectivity index (χ2v) is 9.75. The third kappa shape index (κ3) is 7.12. The van der Waals surface area contributed by atoms with Crippen LogP contribution < -0.4 is 19.5 Å². The molecule has 0 aromatic heterocycles. The number of nitrogens with one attached hydrogen (secondary N) is 1. The summed E-state index contributed by atoms with van der Waals surface area (Å²) in [7, 11) is 1.55. The molecule has 0 aliphatic carbocycles. The van der Waals surface area contributed by atoms with E-state index in [-0.39, 0.29) is 4.91 Å². The van der Waals surface area contributed by atoms with Crippen LogP contribution in [0.1, 0.15) is 23.6 Å². The number of ether oxygens (including phenoxy) is 3. The lowest BCUT2D eigenvalue weighted by Crippen LogP contribution is -2.36. The second-order valence-electron chi connectivity index (χ2n) is 8.75. The molecule has 0 spiro atoms. The van der Waals surface area contributed by atoms with Gasteiger partial charge in [0.15, 0.2) is 11.5 Å². The summed E-state index contributed by atoms with van der Waals surface area (Å²) in [5.41, 5.74) is 3.05. The third-order valence-corrected chi connectivity index (χ3v) is 6.80. The summed E-state index contributed by atoms with van der Waals surface area (Å²) < 4.78 is 17.2.